The predicted molar refractivity (Wildman–Crippen MR) is 81.9 cm³/mol. The van der Waals surface area contributed by atoms with Crippen LogP contribution in [0.3, 0.4) is 0 Å². The van der Waals surface area contributed by atoms with E-state index in [2.05, 4.69) is 45.1 Å². The molecule has 0 aliphatic heterocycles. The molecule has 3 nitrogen and oxygen atoms in total. The molecule has 0 radical (unpaired) electrons. The molecule has 0 fully saturated rings. The molecule has 0 saturated carbocycles. The van der Waals surface area contributed by atoms with Crippen molar-refractivity contribution in [3.63, 3.8) is 0 Å². The molecule has 0 aromatic heterocycles. The Balaban J connectivity index is 2.67. The number of benzene rings is 1. The number of methoxy groups -OCH3 is 1. The highest BCUT2D eigenvalue weighted by atomic mass is 16.5. The summed E-state index contributed by atoms with van der Waals surface area (Å²) in [7, 11) is 1.74. The van der Waals surface area contributed by atoms with Crippen molar-refractivity contribution < 1.29 is 4.74 Å². The summed E-state index contributed by atoms with van der Waals surface area (Å²) in [6.07, 6.45) is 0.971. The van der Waals surface area contributed by atoms with Gasteiger partial charge in [0.25, 0.3) is 0 Å². The van der Waals surface area contributed by atoms with Crippen molar-refractivity contribution in [1.29, 1.82) is 0 Å². The van der Waals surface area contributed by atoms with E-state index >= 15 is 0 Å². The van der Waals surface area contributed by atoms with Gasteiger partial charge in [-0.25, -0.2) is 0 Å². The zero-order valence-electron chi connectivity index (χ0n) is 12.9. The van der Waals surface area contributed by atoms with Gasteiger partial charge in [0.05, 0.1) is 7.11 Å². The van der Waals surface area contributed by atoms with Crippen LogP contribution in [0.15, 0.2) is 12.1 Å². The van der Waals surface area contributed by atoms with Gasteiger partial charge >= 0.3 is 0 Å². The van der Waals surface area contributed by atoms with Crippen LogP contribution in [-0.2, 0) is 6.42 Å². The molecular formula is C16H28N2O. The Bertz CT molecular complexity index is 402. The Morgan fingerprint density at radius 1 is 1.26 bits per heavy atom. The van der Waals surface area contributed by atoms with E-state index in [9.17, 15) is 0 Å². The minimum Gasteiger partial charge on any atom is -0.496 e. The summed E-state index contributed by atoms with van der Waals surface area (Å²) in [5, 5.41) is 3.53. The zero-order valence-corrected chi connectivity index (χ0v) is 12.9. The molecule has 0 amide bonds. The first-order chi connectivity index (χ1) is 8.99. The number of nitrogens with one attached hydrogen (secondary N) is 1. The van der Waals surface area contributed by atoms with Gasteiger partial charge in [0.15, 0.2) is 0 Å². The molecule has 0 spiro atoms. The minimum absolute atomic E-state index is 0.386. The number of nitrogens with two attached hydrogens (primary N) is 1. The topological polar surface area (TPSA) is 47.3 Å². The van der Waals surface area contributed by atoms with E-state index in [0.29, 0.717) is 18.5 Å². The highest BCUT2D eigenvalue weighted by molar-refractivity contribution is 5.43. The van der Waals surface area contributed by atoms with E-state index in [-0.39, 0.29) is 0 Å². The maximum Gasteiger partial charge on any atom is 0.122 e. The van der Waals surface area contributed by atoms with Crippen molar-refractivity contribution in [2.75, 3.05) is 20.2 Å². The van der Waals surface area contributed by atoms with E-state index in [0.717, 1.165) is 18.7 Å². The molecule has 0 heterocycles. The number of hydrogen-bond acceptors (Lipinski definition) is 3. The summed E-state index contributed by atoms with van der Waals surface area (Å²) < 4.78 is 5.49. The lowest BCUT2D eigenvalue weighted by molar-refractivity contribution is 0.397. The summed E-state index contributed by atoms with van der Waals surface area (Å²) in [5.41, 5.74) is 9.61. The van der Waals surface area contributed by atoms with Crippen molar-refractivity contribution in [2.45, 2.75) is 40.2 Å². The number of rotatable bonds is 7. The first-order valence-corrected chi connectivity index (χ1v) is 7.07. The average molecular weight is 264 g/mol. The normalized spacial score (nSPS) is 12.8. The third kappa shape index (κ3) is 4.51. The molecule has 1 unspecified atom stereocenters. The van der Waals surface area contributed by atoms with Crippen molar-refractivity contribution in [2.24, 2.45) is 11.7 Å². The fourth-order valence-corrected chi connectivity index (χ4v) is 2.43. The van der Waals surface area contributed by atoms with Crippen molar-refractivity contribution in [3.8, 4) is 5.75 Å². The number of hydrogen-bond donors (Lipinski definition) is 2. The van der Waals surface area contributed by atoms with Crippen molar-refractivity contribution >= 4 is 0 Å². The predicted octanol–water partition coefficient (Wildman–Crippen LogP) is 2.43. The highest BCUT2D eigenvalue weighted by Gasteiger charge is 2.12. The van der Waals surface area contributed by atoms with Gasteiger partial charge in [-0.3, -0.25) is 0 Å². The van der Waals surface area contributed by atoms with Crippen molar-refractivity contribution in [1.82, 2.24) is 5.32 Å². The quantitative estimate of drug-likeness (QED) is 0.795. The zero-order chi connectivity index (χ0) is 14.4. The number of ether oxygens (including phenoxy) is 1. The van der Waals surface area contributed by atoms with Crippen LogP contribution in [0.5, 0.6) is 5.75 Å². The van der Waals surface area contributed by atoms with Crippen LogP contribution in [0.1, 0.15) is 30.5 Å². The third-order valence-electron chi connectivity index (χ3n) is 3.64. The first-order valence-electron chi connectivity index (χ1n) is 7.07. The summed E-state index contributed by atoms with van der Waals surface area (Å²) in [6.45, 7) is 10.3. The Morgan fingerprint density at radius 2 is 1.95 bits per heavy atom. The van der Waals surface area contributed by atoms with Crippen LogP contribution in [0.25, 0.3) is 0 Å². The largest absolute Gasteiger partial charge is 0.496 e. The molecule has 1 aromatic carbocycles. The van der Waals surface area contributed by atoms with Crippen LogP contribution in [0.4, 0.5) is 0 Å². The first kappa shape index (κ1) is 16.0. The molecule has 1 rings (SSSR count). The average Bonchev–Trinajstić information content (AvgIpc) is 2.35. The van der Waals surface area contributed by atoms with Crippen LogP contribution >= 0.6 is 0 Å². The molecule has 3 N–H and O–H groups in total. The maximum atomic E-state index is 5.77. The second kappa shape index (κ2) is 7.51. The van der Waals surface area contributed by atoms with Gasteiger partial charge < -0.3 is 15.8 Å². The lowest BCUT2D eigenvalue weighted by Gasteiger charge is -2.21. The molecular weight excluding hydrogens is 236 g/mol. The lowest BCUT2D eigenvalue weighted by atomic mass is 10.0. The second-order valence-electron chi connectivity index (χ2n) is 5.55. The standard InChI is InChI=1S/C16H28N2O/c1-11(2)15(10-17)18-7-6-14-13(4)8-12(3)9-16(14)19-5/h8-9,11,15,18H,6-7,10,17H2,1-5H3. The highest BCUT2D eigenvalue weighted by Crippen LogP contribution is 2.24. The summed E-state index contributed by atoms with van der Waals surface area (Å²) in [6, 6.07) is 4.70. The molecule has 108 valence electrons. The van der Waals surface area contributed by atoms with Gasteiger partial charge in [0, 0.05) is 12.6 Å². The Hall–Kier alpha value is -1.06. The lowest BCUT2D eigenvalue weighted by Crippen LogP contribution is -2.41. The van der Waals surface area contributed by atoms with E-state index in [1.54, 1.807) is 7.11 Å². The minimum atomic E-state index is 0.386. The second-order valence-corrected chi connectivity index (χ2v) is 5.55. The molecule has 0 aliphatic carbocycles. The molecule has 1 atom stereocenters. The Morgan fingerprint density at radius 3 is 2.47 bits per heavy atom. The van der Waals surface area contributed by atoms with Crippen LogP contribution in [-0.4, -0.2) is 26.2 Å². The summed E-state index contributed by atoms with van der Waals surface area (Å²) >= 11 is 0. The maximum absolute atomic E-state index is 5.77. The van der Waals surface area contributed by atoms with E-state index in [1.165, 1.54) is 16.7 Å². The van der Waals surface area contributed by atoms with Crippen molar-refractivity contribution in [3.05, 3.63) is 28.8 Å². The smallest absolute Gasteiger partial charge is 0.122 e. The fourth-order valence-electron chi connectivity index (χ4n) is 2.43. The Labute approximate surface area is 117 Å². The third-order valence-corrected chi connectivity index (χ3v) is 3.64. The monoisotopic (exact) mass is 264 g/mol. The van der Waals surface area contributed by atoms with E-state index < -0.39 is 0 Å². The van der Waals surface area contributed by atoms with Gasteiger partial charge in [0.1, 0.15) is 5.75 Å². The SMILES string of the molecule is COc1cc(C)cc(C)c1CCNC(CN)C(C)C. The van der Waals surface area contributed by atoms with Crippen LogP contribution in [0, 0.1) is 19.8 Å². The molecule has 3 heteroatoms. The summed E-state index contributed by atoms with van der Waals surface area (Å²) in [5.74, 6) is 1.55. The summed E-state index contributed by atoms with van der Waals surface area (Å²) in [4.78, 5) is 0. The fraction of sp³-hybridized carbons (Fsp3) is 0.625. The van der Waals surface area contributed by atoms with Gasteiger partial charge in [-0.1, -0.05) is 19.9 Å². The van der Waals surface area contributed by atoms with E-state index in [1.807, 2.05) is 0 Å². The molecule has 0 aliphatic rings. The van der Waals surface area contributed by atoms with Gasteiger partial charge in [-0.05, 0) is 55.5 Å². The van der Waals surface area contributed by atoms with Gasteiger partial charge in [0.2, 0.25) is 0 Å². The molecule has 19 heavy (non-hydrogen) atoms. The van der Waals surface area contributed by atoms with E-state index in [4.69, 9.17) is 10.5 Å². The molecule has 0 bridgehead atoms. The van der Waals surface area contributed by atoms with Crippen LogP contribution < -0.4 is 15.8 Å². The molecule has 1 aromatic rings. The van der Waals surface area contributed by atoms with Crippen LogP contribution in [0.2, 0.25) is 0 Å². The molecule has 0 saturated heterocycles. The van der Waals surface area contributed by atoms with Gasteiger partial charge in [-0.15, -0.1) is 0 Å². The Kier molecular flexibility index (Phi) is 6.32. The number of aryl methyl sites for hydroxylation is 2. The van der Waals surface area contributed by atoms with Gasteiger partial charge in [-0.2, -0.15) is 0 Å².